The van der Waals surface area contributed by atoms with Gasteiger partial charge in [0.1, 0.15) is 0 Å². The van der Waals surface area contributed by atoms with E-state index in [2.05, 4.69) is 49.9 Å². The predicted octanol–water partition coefficient (Wildman–Crippen LogP) is 3.24. The van der Waals surface area contributed by atoms with Crippen LogP contribution < -0.4 is 4.90 Å². The molecular weight excluding hydrogens is 222 g/mol. The van der Waals surface area contributed by atoms with Gasteiger partial charge < -0.3 is 10.0 Å². The molecule has 100 valence electrons. The first-order valence-electron chi connectivity index (χ1n) is 7.04. The van der Waals surface area contributed by atoms with Crippen LogP contribution in [0.1, 0.15) is 39.2 Å². The van der Waals surface area contributed by atoms with Crippen molar-refractivity contribution < 1.29 is 5.11 Å². The third kappa shape index (κ3) is 2.69. The van der Waals surface area contributed by atoms with E-state index in [1.54, 1.807) is 0 Å². The van der Waals surface area contributed by atoms with Crippen molar-refractivity contribution in [2.75, 3.05) is 18.1 Å². The van der Waals surface area contributed by atoms with E-state index in [0.29, 0.717) is 12.5 Å². The van der Waals surface area contributed by atoms with Crippen LogP contribution in [0.3, 0.4) is 0 Å². The summed E-state index contributed by atoms with van der Waals surface area (Å²) in [6.45, 7) is 8.12. The molecule has 1 N–H and O–H groups in total. The van der Waals surface area contributed by atoms with Gasteiger partial charge in [-0.05, 0) is 56.7 Å². The second kappa shape index (κ2) is 5.31. The molecule has 1 aromatic carbocycles. The summed E-state index contributed by atoms with van der Waals surface area (Å²) < 4.78 is 0. The lowest BCUT2D eigenvalue weighted by atomic mass is 9.82. The molecule has 2 rings (SSSR count). The van der Waals surface area contributed by atoms with E-state index in [0.717, 1.165) is 25.8 Å². The molecule has 0 radical (unpaired) electrons. The van der Waals surface area contributed by atoms with Crippen molar-refractivity contribution in [1.82, 2.24) is 0 Å². The summed E-state index contributed by atoms with van der Waals surface area (Å²) in [5.41, 5.74) is 2.84. The molecule has 0 saturated carbocycles. The van der Waals surface area contributed by atoms with E-state index in [1.165, 1.54) is 11.3 Å². The maximum atomic E-state index is 9.33. The van der Waals surface area contributed by atoms with Gasteiger partial charge in [0, 0.05) is 24.4 Å². The number of aliphatic hydroxyl groups is 1. The molecule has 0 bridgehead atoms. The fraction of sp³-hybridized carbons (Fsp3) is 0.625. The lowest BCUT2D eigenvalue weighted by Crippen LogP contribution is -2.50. The number of rotatable bonds is 3. The van der Waals surface area contributed by atoms with Gasteiger partial charge in [-0.1, -0.05) is 19.1 Å². The first kappa shape index (κ1) is 13.4. The molecule has 0 spiro atoms. The summed E-state index contributed by atoms with van der Waals surface area (Å²) in [7, 11) is 0. The topological polar surface area (TPSA) is 23.5 Å². The molecule has 1 atom stereocenters. The highest BCUT2D eigenvalue weighted by Gasteiger charge is 2.34. The molecule has 0 aliphatic carbocycles. The summed E-state index contributed by atoms with van der Waals surface area (Å²) in [5, 5.41) is 9.33. The van der Waals surface area contributed by atoms with Crippen molar-refractivity contribution >= 4 is 5.69 Å². The molecule has 1 unspecified atom stereocenters. The SMILES string of the molecule is CCc1ccc(N2CCC(CO)CC2(C)C)cc1. The minimum atomic E-state index is 0.138. The van der Waals surface area contributed by atoms with E-state index < -0.39 is 0 Å². The molecule has 18 heavy (non-hydrogen) atoms. The molecule has 1 fully saturated rings. The fourth-order valence-electron chi connectivity index (χ4n) is 3.08. The van der Waals surface area contributed by atoms with Gasteiger partial charge in [0.25, 0.3) is 0 Å². The Balaban J connectivity index is 2.16. The highest BCUT2D eigenvalue weighted by molar-refractivity contribution is 5.50. The standard InChI is InChI=1S/C16H25NO/c1-4-13-5-7-15(8-6-13)17-10-9-14(12-18)11-16(17,2)3/h5-8,14,18H,4,9-12H2,1-3H3. The number of aliphatic hydroxyl groups excluding tert-OH is 1. The quantitative estimate of drug-likeness (QED) is 0.886. The van der Waals surface area contributed by atoms with Crippen molar-refractivity contribution in [3.63, 3.8) is 0 Å². The third-order valence-electron chi connectivity index (χ3n) is 4.19. The van der Waals surface area contributed by atoms with E-state index in [1.807, 2.05) is 0 Å². The highest BCUT2D eigenvalue weighted by atomic mass is 16.3. The molecule has 2 heteroatoms. The van der Waals surface area contributed by atoms with Crippen LogP contribution in [0.4, 0.5) is 5.69 Å². The number of hydrogen-bond acceptors (Lipinski definition) is 2. The first-order chi connectivity index (χ1) is 8.56. The maximum Gasteiger partial charge on any atom is 0.0460 e. The van der Waals surface area contributed by atoms with Crippen molar-refractivity contribution in [1.29, 1.82) is 0 Å². The van der Waals surface area contributed by atoms with Crippen molar-refractivity contribution in [2.24, 2.45) is 5.92 Å². The average Bonchev–Trinajstić information content (AvgIpc) is 2.38. The van der Waals surface area contributed by atoms with Crippen LogP contribution in [0.5, 0.6) is 0 Å². The number of benzene rings is 1. The Bertz CT molecular complexity index is 383. The second-order valence-corrected chi connectivity index (χ2v) is 6.03. The van der Waals surface area contributed by atoms with Gasteiger partial charge in [0.15, 0.2) is 0 Å². The molecule has 0 amide bonds. The molecule has 1 saturated heterocycles. The zero-order valence-electron chi connectivity index (χ0n) is 11.8. The molecule has 1 aromatic rings. The van der Waals surface area contributed by atoms with Crippen molar-refractivity contribution in [3.05, 3.63) is 29.8 Å². The summed E-state index contributed by atoms with van der Waals surface area (Å²) in [6, 6.07) is 8.92. The number of nitrogens with zero attached hydrogens (tertiary/aromatic N) is 1. The zero-order valence-corrected chi connectivity index (χ0v) is 11.8. The Kier molecular flexibility index (Phi) is 3.96. The van der Waals surface area contributed by atoms with E-state index in [4.69, 9.17) is 0 Å². The molecule has 1 aliphatic rings. The molecular formula is C16H25NO. The smallest absolute Gasteiger partial charge is 0.0460 e. The summed E-state index contributed by atoms with van der Waals surface area (Å²) >= 11 is 0. The average molecular weight is 247 g/mol. The van der Waals surface area contributed by atoms with Crippen LogP contribution >= 0.6 is 0 Å². The highest BCUT2D eigenvalue weighted by Crippen LogP contribution is 2.35. The fourth-order valence-corrected chi connectivity index (χ4v) is 3.08. The monoisotopic (exact) mass is 247 g/mol. The normalized spacial score (nSPS) is 23.1. The summed E-state index contributed by atoms with van der Waals surface area (Å²) in [4.78, 5) is 2.48. The Morgan fingerprint density at radius 2 is 1.94 bits per heavy atom. The Hall–Kier alpha value is -1.02. The van der Waals surface area contributed by atoms with Gasteiger partial charge in [-0.25, -0.2) is 0 Å². The molecule has 0 aromatic heterocycles. The van der Waals surface area contributed by atoms with E-state index in [9.17, 15) is 5.11 Å². The lowest BCUT2D eigenvalue weighted by molar-refractivity contribution is 0.166. The Morgan fingerprint density at radius 1 is 1.28 bits per heavy atom. The molecule has 1 heterocycles. The van der Waals surface area contributed by atoms with Crippen molar-refractivity contribution in [2.45, 2.75) is 45.6 Å². The maximum absolute atomic E-state index is 9.33. The predicted molar refractivity (Wildman–Crippen MR) is 77.1 cm³/mol. The minimum Gasteiger partial charge on any atom is -0.396 e. The van der Waals surface area contributed by atoms with Crippen LogP contribution in [-0.2, 0) is 6.42 Å². The molecule has 2 nitrogen and oxygen atoms in total. The lowest BCUT2D eigenvalue weighted by Gasteiger charge is -2.47. The van der Waals surface area contributed by atoms with Gasteiger partial charge in [0.05, 0.1) is 0 Å². The third-order valence-corrected chi connectivity index (χ3v) is 4.19. The zero-order chi connectivity index (χ0) is 13.2. The largest absolute Gasteiger partial charge is 0.396 e. The summed E-state index contributed by atoms with van der Waals surface area (Å²) in [6.07, 6.45) is 3.25. The van der Waals surface area contributed by atoms with Crippen LogP contribution in [0.25, 0.3) is 0 Å². The Labute approximate surface area is 111 Å². The Morgan fingerprint density at radius 3 is 2.44 bits per heavy atom. The summed E-state index contributed by atoms with van der Waals surface area (Å²) in [5.74, 6) is 0.464. The number of piperidine rings is 1. The van der Waals surface area contributed by atoms with Crippen LogP contribution in [-0.4, -0.2) is 23.8 Å². The second-order valence-electron chi connectivity index (χ2n) is 6.03. The van der Waals surface area contributed by atoms with Gasteiger partial charge in [-0.15, -0.1) is 0 Å². The number of hydrogen-bond donors (Lipinski definition) is 1. The first-order valence-corrected chi connectivity index (χ1v) is 7.04. The van der Waals surface area contributed by atoms with Crippen molar-refractivity contribution in [3.8, 4) is 0 Å². The number of anilines is 1. The minimum absolute atomic E-state index is 0.138. The van der Waals surface area contributed by atoms with E-state index in [-0.39, 0.29) is 5.54 Å². The van der Waals surface area contributed by atoms with E-state index >= 15 is 0 Å². The molecule has 1 aliphatic heterocycles. The van der Waals surface area contributed by atoms with Gasteiger partial charge >= 0.3 is 0 Å². The van der Waals surface area contributed by atoms with Gasteiger partial charge in [-0.3, -0.25) is 0 Å². The van der Waals surface area contributed by atoms with Gasteiger partial charge in [-0.2, -0.15) is 0 Å². The number of aryl methyl sites for hydroxylation is 1. The van der Waals surface area contributed by atoms with Crippen LogP contribution in [0.2, 0.25) is 0 Å². The van der Waals surface area contributed by atoms with Gasteiger partial charge in [0.2, 0.25) is 0 Å². The van der Waals surface area contributed by atoms with Crippen LogP contribution in [0.15, 0.2) is 24.3 Å². The van der Waals surface area contributed by atoms with Crippen LogP contribution in [0, 0.1) is 5.92 Å².